The van der Waals surface area contributed by atoms with Gasteiger partial charge in [0.05, 0.1) is 73.4 Å². The van der Waals surface area contributed by atoms with Crippen molar-refractivity contribution in [3.63, 3.8) is 0 Å². The van der Waals surface area contributed by atoms with Gasteiger partial charge in [-0.1, -0.05) is 103 Å². The molecule has 0 radical (unpaired) electrons. The Morgan fingerprint density at radius 3 is 1.18 bits per heavy atom. The number of nitrogens with zero attached hydrogens (tertiary/aromatic N) is 8. The van der Waals surface area contributed by atoms with E-state index in [9.17, 15) is 39.4 Å². The van der Waals surface area contributed by atoms with Crippen molar-refractivity contribution in [2.45, 2.75) is 19.8 Å². The molecular formula is C71H48N10O9. The Labute approximate surface area is 511 Å². The van der Waals surface area contributed by atoms with Crippen LogP contribution in [0.4, 0.5) is 22.7 Å². The molecule has 90 heavy (non-hydrogen) atoms. The molecule has 4 aromatic heterocycles. The Hall–Kier alpha value is -12.1. The van der Waals surface area contributed by atoms with Crippen LogP contribution in [0.5, 0.6) is 11.6 Å². The van der Waals surface area contributed by atoms with Crippen LogP contribution >= 0.6 is 0 Å². The maximum absolute atomic E-state index is 15.0. The number of ether oxygens (including phenoxy) is 1. The van der Waals surface area contributed by atoms with Crippen LogP contribution < -0.4 is 14.5 Å². The fraction of sp³-hybridized carbons (Fsp3) is 0.0986. The van der Waals surface area contributed by atoms with Crippen LogP contribution in [0.15, 0.2) is 188 Å². The van der Waals surface area contributed by atoms with Gasteiger partial charge in [0.1, 0.15) is 11.6 Å². The minimum Gasteiger partial charge on any atom is -0.439 e. The van der Waals surface area contributed by atoms with Gasteiger partial charge in [0.15, 0.2) is 0 Å². The average Bonchev–Trinajstić information content (AvgIpc) is 1.58. The molecule has 15 rings (SSSR count). The molecular weight excluding hydrogens is 1140 g/mol. The van der Waals surface area contributed by atoms with Crippen molar-refractivity contribution in [3.05, 3.63) is 248 Å². The predicted molar refractivity (Wildman–Crippen MR) is 340 cm³/mol. The number of aromatic amines is 2. The van der Waals surface area contributed by atoms with Crippen LogP contribution in [0, 0.1) is 50.8 Å². The van der Waals surface area contributed by atoms with Crippen molar-refractivity contribution in [2.75, 3.05) is 9.80 Å². The topological polar surface area (TPSA) is 253 Å². The maximum atomic E-state index is 15.0. The number of hydrogen-bond donors (Lipinski definition) is 2. The van der Waals surface area contributed by atoms with E-state index >= 15 is 0 Å². The van der Waals surface area contributed by atoms with E-state index < -0.39 is 57.1 Å². The lowest BCUT2D eigenvalue weighted by Gasteiger charge is -2.28. The van der Waals surface area contributed by atoms with Crippen LogP contribution in [0.3, 0.4) is 0 Å². The highest BCUT2D eigenvalue weighted by atomic mass is 16.6. The molecule has 0 spiro atoms. The number of amides is 4. The summed E-state index contributed by atoms with van der Waals surface area (Å²) in [6.45, 7) is 1.66. The van der Waals surface area contributed by atoms with Gasteiger partial charge in [0, 0.05) is 80.6 Å². The zero-order valence-electron chi connectivity index (χ0n) is 47.7. The summed E-state index contributed by atoms with van der Waals surface area (Å²) in [5.74, 6) is -7.51. The molecule has 2 N–H and O–H groups in total. The molecule has 2 fully saturated rings. The van der Waals surface area contributed by atoms with Gasteiger partial charge < -0.3 is 14.7 Å². The van der Waals surface area contributed by atoms with E-state index in [0.29, 0.717) is 22.7 Å². The lowest BCUT2D eigenvalue weighted by molar-refractivity contribution is -0.385. The Morgan fingerprint density at radius 2 is 0.800 bits per heavy atom. The quantitative estimate of drug-likeness (QED) is 0.0735. The highest BCUT2D eigenvalue weighted by Crippen LogP contribution is 2.49. The van der Waals surface area contributed by atoms with Gasteiger partial charge in [-0.3, -0.25) is 49.2 Å². The fourth-order valence-electron chi connectivity index (χ4n) is 13.2. The first-order valence-electron chi connectivity index (χ1n) is 29.0. The molecule has 6 aromatic carbocycles. The van der Waals surface area contributed by atoms with Crippen LogP contribution in [0.25, 0.3) is 90.9 Å². The van der Waals surface area contributed by atoms with Crippen LogP contribution in [-0.4, -0.2) is 63.4 Å². The van der Waals surface area contributed by atoms with E-state index in [2.05, 4.69) is 76.7 Å². The van der Waals surface area contributed by atoms with E-state index in [1.54, 1.807) is 19.1 Å². The molecule has 1 aliphatic carbocycles. The molecule has 0 unspecified atom stereocenters. The number of anilines is 2. The number of nitrogens with one attached hydrogen (secondary N) is 2. The lowest BCUT2D eigenvalue weighted by atomic mass is 9.71. The number of nitro groups is 2. The number of aromatic nitrogens is 6. The van der Waals surface area contributed by atoms with E-state index in [4.69, 9.17) is 24.7 Å². The Morgan fingerprint density at radius 1 is 0.433 bits per heavy atom. The second kappa shape index (κ2) is 21.7. The van der Waals surface area contributed by atoms with Crippen LogP contribution in [0.2, 0.25) is 0 Å². The van der Waals surface area contributed by atoms with E-state index in [1.807, 2.05) is 84.9 Å². The van der Waals surface area contributed by atoms with Gasteiger partial charge in [-0.05, 0) is 121 Å². The second-order valence-electron chi connectivity index (χ2n) is 22.5. The number of carbonyl (C=O) groups excluding carboxylic acids is 4. The summed E-state index contributed by atoms with van der Waals surface area (Å²) in [6.07, 6.45) is 7.81. The smallest absolute Gasteiger partial charge is 0.269 e. The molecule has 5 aliphatic rings. The van der Waals surface area contributed by atoms with E-state index in [0.717, 1.165) is 93.5 Å². The Kier molecular flexibility index (Phi) is 13.1. The van der Waals surface area contributed by atoms with Crippen LogP contribution in [-0.2, 0) is 32.0 Å². The highest BCUT2D eigenvalue weighted by molar-refractivity contribution is 6.27. The summed E-state index contributed by atoms with van der Waals surface area (Å²) >= 11 is 0. The summed E-state index contributed by atoms with van der Waals surface area (Å²) in [5, 5.41) is 23.3. The Bertz CT molecular complexity index is 4900. The van der Waals surface area contributed by atoms with Crippen molar-refractivity contribution in [1.29, 1.82) is 0 Å². The summed E-state index contributed by atoms with van der Waals surface area (Å²) in [7, 11) is 0. The minimum absolute atomic E-state index is 0.0393. The van der Waals surface area contributed by atoms with Gasteiger partial charge in [0.2, 0.25) is 29.5 Å². The number of carbonyl (C=O) groups is 4. The molecule has 2 saturated heterocycles. The van der Waals surface area contributed by atoms with Crippen molar-refractivity contribution in [2.24, 2.45) is 23.7 Å². The first-order chi connectivity index (χ1) is 43.8. The third kappa shape index (κ3) is 9.30. The lowest BCUT2D eigenvalue weighted by Crippen LogP contribution is -2.39. The zero-order valence-corrected chi connectivity index (χ0v) is 47.7. The number of rotatable bonds is 10. The number of nitro benzene ring substituents is 2. The molecule has 8 heterocycles. The summed E-state index contributed by atoms with van der Waals surface area (Å²) in [4.78, 5) is 111. The first kappa shape index (κ1) is 54.5. The predicted octanol–water partition coefficient (Wildman–Crippen LogP) is 13.7. The van der Waals surface area contributed by atoms with Crippen molar-refractivity contribution in [3.8, 4) is 56.1 Å². The molecule has 436 valence electrons. The molecule has 19 nitrogen and oxygen atoms in total. The molecule has 4 aliphatic heterocycles. The third-order valence-electron chi connectivity index (χ3n) is 17.3. The van der Waals surface area contributed by atoms with Crippen molar-refractivity contribution >= 4 is 92.7 Å². The summed E-state index contributed by atoms with van der Waals surface area (Å²) in [5.41, 5.74) is 13.7. The number of benzene rings is 6. The molecule has 8 bridgehead atoms. The fourth-order valence-corrected chi connectivity index (χ4v) is 13.2. The molecule has 10 aromatic rings. The standard InChI is InChI=1S/C71H48N10O9/c1-39-72-60-38-51-66(71(85)79(69(51)83)45-21-25-47(26-22-45)81(88)89)65-50(68(82)78(70(65)84)44-19-23-46(24-20-44)80(86)87)37-49(60)67(73-39)90-48-27-17-43(18-28-48)64-58-35-33-56(76-58)62(41-13-7-3-8-14-41)54-31-29-52(74-54)61(40-11-5-2-6-12-40)53-30-32-55(75-53)63(42-15-9-4-10-16-42)57-34-36-59(64)77-57/h2-36,50-51,65-66,74,77H,37-38H2,1H3/t50-,51+,65-,66+/m0/s1. The number of non-ortho nitro benzene ring substituents is 2. The van der Waals surface area contributed by atoms with E-state index in [-0.39, 0.29) is 47.3 Å². The molecule has 19 heteroatoms. The molecule has 4 atom stereocenters. The highest BCUT2D eigenvalue weighted by Gasteiger charge is 2.62. The minimum atomic E-state index is -1.39. The largest absolute Gasteiger partial charge is 0.439 e. The SMILES string of the molecule is Cc1nc2c(c(Oc3ccc(-c4c5nc(c(-c6ccccc6)c6ccc([nH]6)c(-c6ccccc6)c6nc(c(-c7ccccc7)c7ccc4[nH]7)C=C6)C=C5)cc3)n1)C[C@@H]1C(=O)N(c3ccc([N+](=O)[O-])cc3)C(=O)[C@@H]1[C@@H]1C(=O)N(c3ccc([N+](=O)[O-])cc3)C(=O)[C@@H]1C2. The van der Waals surface area contributed by atoms with Gasteiger partial charge in [0.25, 0.3) is 11.4 Å². The number of hydrogen-bond acceptors (Lipinski definition) is 13. The van der Waals surface area contributed by atoms with Crippen molar-refractivity contribution < 1.29 is 33.8 Å². The third-order valence-corrected chi connectivity index (χ3v) is 17.3. The first-order valence-corrected chi connectivity index (χ1v) is 29.0. The Balaban J connectivity index is 0.864. The number of imide groups is 2. The van der Waals surface area contributed by atoms with E-state index in [1.165, 1.54) is 48.5 Å². The van der Waals surface area contributed by atoms with Crippen LogP contribution in [0.1, 0.15) is 39.9 Å². The second-order valence-corrected chi connectivity index (χ2v) is 22.5. The molecule has 0 saturated carbocycles. The monoisotopic (exact) mass is 1180 g/mol. The summed E-state index contributed by atoms with van der Waals surface area (Å²) in [6, 6.07) is 56.0. The van der Waals surface area contributed by atoms with Gasteiger partial charge in [-0.2, -0.15) is 4.98 Å². The molecule has 4 amide bonds. The maximum Gasteiger partial charge on any atom is 0.269 e. The van der Waals surface area contributed by atoms with Crippen molar-refractivity contribution in [1.82, 2.24) is 29.9 Å². The number of aryl methyl sites for hydroxylation is 1. The number of H-pyrrole nitrogens is 2. The van der Waals surface area contributed by atoms with Gasteiger partial charge >= 0.3 is 0 Å². The number of fused-ring (bicyclic) bond motifs is 12. The average molecular weight is 1190 g/mol. The van der Waals surface area contributed by atoms with Gasteiger partial charge in [-0.15, -0.1) is 0 Å². The summed E-state index contributed by atoms with van der Waals surface area (Å²) < 4.78 is 6.75. The zero-order chi connectivity index (χ0) is 61.5. The normalized spacial score (nSPS) is 17.4. The van der Waals surface area contributed by atoms with Gasteiger partial charge in [-0.25, -0.2) is 15.0 Å².